The highest BCUT2D eigenvalue weighted by Crippen LogP contribution is 2.28. The molecule has 0 fully saturated rings. The third-order valence-corrected chi connectivity index (χ3v) is 3.52. The second kappa shape index (κ2) is 6.31. The summed E-state index contributed by atoms with van der Waals surface area (Å²) >= 11 is 3.37. The molecule has 0 saturated carbocycles. The Kier molecular flexibility index (Phi) is 4.70. The molecular formula is C15H17BrFN3. The van der Waals surface area contributed by atoms with Gasteiger partial charge in [0.05, 0.1) is 0 Å². The summed E-state index contributed by atoms with van der Waals surface area (Å²) < 4.78 is 13.8. The van der Waals surface area contributed by atoms with Crippen LogP contribution < -0.4 is 5.32 Å². The number of benzene rings is 1. The molecule has 106 valence electrons. The largest absolute Gasteiger partial charge is 0.370 e. The summed E-state index contributed by atoms with van der Waals surface area (Å²) in [5, 5.41) is 3.20. The van der Waals surface area contributed by atoms with E-state index >= 15 is 0 Å². The van der Waals surface area contributed by atoms with Crippen LogP contribution in [-0.4, -0.2) is 16.5 Å². The Labute approximate surface area is 126 Å². The van der Waals surface area contributed by atoms with Crippen LogP contribution in [-0.2, 0) is 0 Å². The number of hydrogen-bond donors (Lipinski definition) is 1. The summed E-state index contributed by atoms with van der Waals surface area (Å²) in [5.74, 6) is 1.40. The fraction of sp³-hybridized carbons (Fsp3) is 0.333. The molecule has 1 aromatic heterocycles. The number of aromatic nitrogens is 2. The van der Waals surface area contributed by atoms with Crippen molar-refractivity contribution in [3.63, 3.8) is 0 Å². The van der Waals surface area contributed by atoms with E-state index in [0.29, 0.717) is 16.2 Å². The van der Waals surface area contributed by atoms with Crippen LogP contribution in [0, 0.1) is 5.82 Å². The van der Waals surface area contributed by atoms with E-state index in [1.165, 1.54) is 12.1 Å². The number of anilines is 1. The zero-order chi connectivity index (χ0) is 14.7. The van der Waals surface area contributed by atoms with E-state index in [-0.39, 0.29) is 5.82 Å². The van der Waals surface area contributed by atoms with Crippen LogP contribution in [0.15, 0.2) is 28.7 Å². The molecule has 1 N–H and O–H groups in total. The smallest absolute Gasteiger partial charge is 0.162 e. The van der Waals surface area contributed by atoms with E-state index in [9.17, 15) is 4.39 Å². The number of hydrogen-bond acceptors (Lipinski definition) is 3. The first-order valence-electron chi connectivity index (χ1n) is 6.59. The van der Waals surface area contributed by atoms with Gasteiger partial charge in [0, 0.05) is 28.3 Å². The SMILES string of the molecule is CCNc1cc(C(C)C)nc(-c2ccc(F)cc2Br)n1. The standard InChI is InChI=1S/C15H17BrFN3/c1-4-18-14-8-13(9(2)3)19-15(20-14)11-6-5-10(17)7-12(11)16/h5-9H,4H2,1-3H3,(H,18,19,20). The van der Waals surface area contributed by atoms with Gasteiger partial charge in [0.1, 0.15) is 11.6 Å². The number of nitrogens with zero attached hydrogens (tertiary/aromatic N) is 2. The van der Waals surface area contributed by atoms with Crippen LogP contribution in [0.4, 0.5) is 10.2 Å². The second-order valence-corrected chi connectivity index (χ2v) is 5.67. The summed E-state index contributed by atoms with van der Waals surface area (Å²) in [4.78, 5) is 9.06. The molecule has 5 heteroatoms. The van der Waals surface area contributed by atoms with Crippen molar-refractivity contribution in [1.82, 2.24) is 9.97 Å². The van der Waals surface area contributed by atoms with Crippen molar-refractivity contribution in [3.05, 3.63) is 40.2 Å². The highest BCUT2D eigenvalue weighted by atomic mass is 79.9. The lowest BCUT2D eigenvalue weighted by atomic mass is 10.1. The summed E-state index contributed by atoms with van der Waals surface area (Å²) in [7, 11) is 0. The van der Waals surface area contributed by atoms with Gasteiger partial charge in [-0.2, -0.15) is 0 Å². The molecule has 0 aliphatic rings. The molecular weight excluding hydrogens is 321 g/mol. The van der Waals surface area contributed by atoms with Gasteiger partial charge in [-0.1, -0.05) is 13.8 Å². The van der Waals surface area contributed by atoms with Gasteiger partial charge in [0.2, 0.25) is 0 Å². The highest BCUT2D eigenvalue weighted by Gasteiger charge is 2.12. The van der Waals surface area contributed by atoms with Crippen LogP contribution in [0.25, 0.3) is 11.4 Å². The Morgan fingerprint density at radius 1 is 1.25 bits per heavy atom. The molecule has 1 heterocycles. The Hall–Kier alpha value is -1.49. The van der Waals surface area contributed by atoms with Crippen LogP contribution in [0.2, 0.25) is 0 Å². The molecule has 0 bridgehead atoms. The molecule has 0 saturated heterocycles. The van der Waals surface area contributed by atoms with Crippen LogP contribution in [0.1, 0.15) is 32.4 Å². The first-order chi connectivity index (χ1) is 9.51. The Bertz CT molecular complexity index is 614. The summed E-state index contributed by atoms with van der Waals surface area (Å²) in [6.45, 7) is 6.98. The molecule has 0 aliphatic heterocycles. The molecule has 0 radical (unpaired) electrons. The molecule has 1 aromatic carbocycles. The van der Waals surface area contributed by atoms with Crippen molar-refractivity contribution in [1.29, 1.82) is 0 Å². The average molecular weight is 338 g/mol. The molecule has 0 aliphatic carbocycles. The zero-order valence-corrected chi connectivity index (χ0v) is 13.3. The van der Waals surface area contributed by atoms with Crippen molar-refractivity contribution < 1.29 is 4.39 Å². The van der Waals surface area contributed by atoms with Crippen molar-refractivity contribution >= 4 is 21.7 Å². The lowest BCUT2D eigenvalue weighted by molar-refractivity contribution is 0.627. The predicted octanol–water partition coefficient (Wildman–Crippen LogP) is 4.60. The number of rotatable bonds is 4. The Morgan fingerprint density at radius 3 is 2.60 bits per heavy atom. The lowest BCUT2D eigenvalue weighted by Gasteiger charge is -2.12. The normalized spacial score (nSPS) is 10.9. The fourth-order valence-corrected chi connectivity index (χ4v) is 2.35. The molecule has 0 amide bonds. The maximum Gasteiger partial charge on any atom is 0.162 e. The molecule has 2 aromatic rings. The minimum Gasteiger partial charge on any atom is -0.370 e. The summed E-state index contributed by atoms with van der Waals surface area (Å²) in [5.41, 5.74) is 1.75. The van der Waals surface area contributed by atoms with Gasteiger partial charge in [0.15, 0.2) is 5.82 Å². The quantitative estimate of drug-likeness (QED) is 0.885. The monoisotopic (exact) mass is 337 g/mol. The van der Waals surface area contributed by atoms with E-state index < -0.39 is 0 Å². The van der Waals surface area contributed by atoms with E-state index in [4.69, 9.17) is 0 Å². The van der Waals surface area contributed by atoms with Gasteiger partial charge in [-0.25, -0.2) is 14.4 Å². The first kappa shape index (κ1) is 14.9. The number of nitrogens with one attached hydrogen (secondary N) is 1. The lowest BCUT2D eigenvalue weighted by Crippen LogP contribution is -2.05. The van der Waals surface area contributed by atoms with Gasteiger partial charge in [-0.15, -0.1) is 0 Å². The van der Waals surface area contributed by atoms with Gasteiger partial charge < -0.3 is 5.32 Å². The second-order valence-electron chi connectivity index (χ2n) is 4.81. The average Bonchev–Trinajstić information content (AvgIpc) is 2.38. The molecule has 2 rings (SSSR count). The third-order valence-electron chi connectivity index (χ3n) is 2.87. The van der Waals surface area contributed by atoms with Crippen molar-refractivity contribution in [3.8, 4) is 11.4 Å². The van der Waals surface area contributed by atoms with Crippen LogP contribution in [0.3, 0.4) is 0 Å². The predicted molar refractivity (Wildman–Crippen MR) is 83.4 cm³/mol. The zero-order valence-electron chi connectivity index (χ0n) is 11.7. The fourth-order valence-electron chi connectivity index (χ4n) is 1.82. The van der Waals surface area contributed by atoms with Gasteiger partial charge in [0.25, 0.3) is 0 Å². The van der Waals surface area contributed by atoms with Crippen LogP contribution >= 0.6 is 15.9 Å². The van der Waals surface area contributed by atoms with Crippen molar-refractivity contribution in [2.24, 2.45) is 0 Å². The molecule has 0 unspecified atom stereocenters. The summed E-state index contributed by atoms with van der Waals surface area (Å²) in [6, 6.07) is 6.48. The van der Waals surface area contributed by atoms with Crippen LogP contribution in [0.5, 0.6) is 0 Å². The Balaban J connectivity index is 2.54. The van der Waals surface area contributed by atoms with Gasteiger partial charge >= 0.3 is 0 Å². The molecule has 20 heavy (non-hydrogen) atoms. The highest BCUT2D eigenvalue weighted by molar-refractivity contribution is 9.10. The third kappa shape index (κ3) is 3.33. The van der Waals surface area contributed by atoms with E-state index in [1.54, 1.807) is 6.07 Å². The van der Waals surface area contributed by atoms with E-state index in [2.05, 4.69) is 45.1 Å². The minimum absolute atomic E-state index is 0.285. The van der Waals surface area contributed by atoms with E-state index in [0.717, 1.165) is 23.6 Å². The number of halogens is 2. The van der Waals surface area contributed by atoms with E-state index in [1.807, 2.05) is 13.0 Å². The molecule has 0 spiro atoms. The summed E-state index contributed by atoms with van der Waals surface area (Å²) in [6.07, 6.45) is 0. The van der Waals surface area contributed by atoms with Gasteiger partial charge in [-0.05, 0) is 47.0 Å². The van der Waals surface area contributed by atoms with Crippen molar-refractivity contribution in [2.45, 2.75) is 26.7 Å². The van der Waals surface area contributed by atoms with Crippen molar-refractivity contribution in [2.75, 3.05) is 11.9 Å². The maximum absolute atomic E-state index is 13.2. The Morgan fingerprint density at radius 2 is 2.00 bits per heavy atom. The first-order valence-corrected chi connectivity index (χ1v) is 7.38. The minimum atomic E-state index is -0.285. The molecule has 3 nitrogen and oxygen atoms in total. The molecule has 0 atom stereocenters. The van der Waals surface area contributed by atoms with Gasteiger partial charge in [-0.3, -0.25) is 0 Å². The topological polar surface area (TPSA) is 37.8 Å². The maximum atomic E-state index is 13.2.